The largest absolute Gasteiger partial charge is 0.462 e. The SMILES string of the molecule is CCOCCOCCOC(=O)[C@H](C)NP(=O)(OC[C@@]1(C)O[C@@H](c2ccc3c(N)ncnn23)[C@H](O)[C@@H]1O)Oc1ccccc1. The maximum atomic E-state index is 13.9. The number of carbonyl (C=O) groups excluding carboxylic acids is 1. The second kappa shape index (κ2) is 14.6. The Bertz CT molecular complexity index is 1390. The normalized spacial score (nSPS) is 24.1. The van der Waals surface area contributed by atoms with Gasteiger partial charge in [-0.2, -0.15) is 10.2 Å². The average Bonchev–Trinajstić information content (AvgIpc) is 3.52. The molecule has 16 heteroatoms. The lowest BCUT2D eigenvalue weighted by Crippen LogP contribution is -2.45. The number of nitrogen functional groups attached to an aromatic ring is 1. The fraction of sp³-hybridized carbons (Fsp3) is 0.519. The molecule has 3 heterocycles. The molecule has 0 spiro atoms. The van der Waals surface area contributed by atoms with Crippen molar-refractivity contribution in [2.45, 2.75) is 50.7 Å². The number of ether oxygens (including phenoxy) is 4. The van der Waals surface area contributed by atoms with Gasteiger partial charge in [-0.25, -0.2) is 14.1 Å². The number of nitrogens with two attached hydrogens (primary N) is 1. The second-order valence-electron chi connectivity index (χ2n) is 9.99. The second-order valence-corrected chi connectivity index (χ2v) is 11.7. The van der Waals surface area contributed by atoms with Crippen LogP contribution in [0, 0.1) is 0 Å². The number of aliphatic hydroxyl groups is 2. The van der Waals surface area contributed by atoms with Crippen LogP contribution in [0.2, 0.25) is 0 Å². The van der Waals surface area contributed by atoms with Gasteiger partial charge in [0.05, 0.1) is 32.1 Å². The van der Waals surface area contributed by atoms with E-state index in [1.807, 2.05) is 6.92 Å². The van der Waals surface area contributed by atoms with Gasteiger partial charge >= 0.3 is 13.7 Å². The number of hydrogen-bond acceptors (Lipinski definition) is 13. The van der Waals surface area contributed by atoms with Crippen molar-refractivity contribution in [3.63, 3.8) is 0 Å². The Labute approximate surface area is 248 Å². The van der Waals surface area contributed by atoms with E-state index in [9.17, 15) is 19.6 Å². The van der Waals surface area contributed by atoms with E-state index >= 15 is 0 Å². The number of para-hydroxylation sites is 1. The number of anilines is 1. The zero-order valence-corrected chi connectivity index (χ0v) is 25.1. The molecule has 3 aromatic rings. The molecule has 1 aromatic carbocycles. The van der Waals surface area contributed by atoms with Crippen LogP contribution in [-0.2, 0) is 32.8 Å². The zero-order valence-electron chi connectivity index (χ0n) is 24.2. The summed E-state index contributed by atoms with van der Waals surface area (Å²) < 4.78 is 48.7. The first kappa shape index (κ1) is 32.8. The van der Waals surface area contributed by atoms with E-state index in [-0.39, 0.29) is 24.8 Å². The smallest absolute Gasteiger partial charge is 0.459 e. The van der Waals surface area contributed by atoms with Gasteiger partial charge in [0.2, 0.25) is 0 Å². The predicted molar refractivity (Wildman–Crippen MR) is 153 cm³/mol. The van der Waals surface area contributed by atoms with Crippen LogP contribution in [0.4, 0.5) is 5.82 Å². The van der Waals surface area contributed by atoms with Crippen LogP contribution in [-0.4, -0.2) is 94.3 Å². The Morgan fingerprint density at radius 2 is 1.88 bits per heavy atom. The summed E-state index contributed by atoms with van der Waals surface area (Å²) in [5, 5.41) is 28.7. The van der Waals surface area contributed by atoms with Crippen molar-refractivity contribution in [1.29, 1.82) is 0 Å². The van der Waals surface area contributed by atoms with Gasteiger partial charge in [-0.3, -0.25) is 9.32 Å². The van der Waals surface area contributed by atoms with Crippen LogP contribution in [0.1, 0.15) is 32.6 Å². The standard InChI is InChI=1S/C27H38N5O10P/c1-4-37-12-13-38-14-15-39-26(35)18(2)31-43(36,42-19-8-6-5-7-9-19)40-16-27(3)24(34)22(33)23(41-27)20-10-11-21-25(28)29-17-30-32(20)21/h5-11,17-18,22-24,33-34H,4,12-16H2,1-3H3,(H,31,36)(H2,28,29,30)/t18-,22-,23-,24-,27+,43?/m0/s1. The highest BCUT2D eigenvalue weighted by Gasteiger charge is 2.54. The molecule has 1 aliphatic heterocycles. The van der Waals surface area contributed by atoms with E-state index in [0.717, 1.165) is 0 Å². The molecule has 1 fully saturated rings. The van der Waals surface area contributed by atoms with Crippen molar-refractivity contribution < 1.29 is 47.6 Å². The van der Waals surface area contributed by atoms with Crippen molar-refractivity contribution in [3.05, 3.63) is 54.5 Å². The highest BCUT2D eigenvalue weighted by atomic mass is 31.2. The summed E-state index contributed by atoms with van der Waals surface area (Å²) in [6, 6.07) is 10.4. The number of carbonyl (C=O) groups is 1. The number of hydrogen-bond donors (Lipinski definition) is 4. The Morgan fingerprint density at radius 3 is 2.63 bits per heavy atom. The summed E-state index contributed by atoms with van der Waals surface area (Å²) in [5.41, 5.74) is 5.28. The van der Waals surface area contributed by atoms with E-state index in [4.69, 9.17) is 33.7 Å². The van der Waals surface area contributed by atoms with Crippen molar-refractivity contribution in [2.75, 3.05) is 45.4 Å². The zero-order chi connectivity index (χ0) is 31.0. The molecule has 6 atom stereocenters. The van der Waals surface area contributed by atoms with Gasteiger partial charge in [0.15, 0.2) is 5.82 Å². The maximum absolute atomic E-state index is 13.9. The number of nitrogens with zero attached hydrogens (tertiary/aromatic N) is 3. The summed E-state index contributed by atoms with van der Waals surface area (Å²) in [7, 11) is -4.29. The number of fused-ring (bicyclic) bond motifs is 1. The number of rotatable bonds is 16. The third kappa shape index (κ3) is 8.08. The number of benzene rings is 1. The third-order valence-electron chi connectivity index (χ3n) is 6.70. The summed E-state index contributed by atoms with van der Waals surface area (Å²) in [6.45, 7) is 5.83. The lowest BCUT2D eigenvalue weighted by molar-refractivity contribution is -0.147. The Hall–Kier alpha value is -3.14. The van der Waals surface area contributed by atoms with Crippen LogP contribution in [0.15, 0.2) is 48.8 Å². The molecule has 0 bridgehead atoms. The Balaban J connectivity index is 1.43. The number of aromatic nitrogens is 3. The van der Waals surface area contributed by atoms with Crippen molar-refractivity contribution in [3.8, 4) is 5.75 Å². The summed E-state index contributed by atoms with van der Waals surface area (Å²) in [6.07, 6.45) is -2.63. The highest BCUT2D eigenvalue weighted by Crippen LogP contribution is 2.48. The molecule has 5 N–H and O–H groups in total. The first-order valence-corrected chi connectivity index (χ1v) is 15.3. The van der Waals surface area contributed by atoms with E-state index in [1.54, 1.807) is 42.5 Å². The molecule has 1 unspecified atom stereocenters. The molecule has 0 aliphatic carbocycles. The molecule has 4 rings (SSSR count). The van der Waals surface area contributed by atoms with Gasteiger partial charge < -0.3 is 39.4 Å². The summed E-state index contributed by atoms with van der Waals surface area (Å²) in [4.78, 5) is 16.6. The van der Waals surface area contributed by atoms with E-state index in [0.29, 0.717) is 31.0 Å². The van der Waals surface area contributed by atoms with Gasteiger partial charge in [-0.1, -0.05) is 18.2 Å². The van der Waals surface area contributed by atoms with Gasteiger partial charge in [-0.15, -0.1) is 0 Å². The summed E-state index contributed by atoms with van der Waals surface area (Å²) in [5.74, 6) is -0.282. The van der Waals surface area contributed by atoms with E-state index < -0.39 is 50.3 Å². The minimum Gasteiger partial charge on any atom is -0.462 e. The molecular weight excluding hydrogens is 585 g/mol. The molecule has 2 aromatic heterocycles. The lowest BCUT2D eigenvalue weighted by atomic mass is 9.97. The third-order valence-corrected chi connectivity index (χ3v) is 8.33. The summed E-state index contributed by atoms with van der Waals surface area (Å²) >= 11 is 0. The molecule has 236 valence electrons. The molecule has 1 aliphatic rings. The van der Waals surface area contributed by atoms with Gasteiger partial charge in [0, 0.05) is 6.61 Å². The molecule has 43 heavy (non-hydrogen) atoms. The van der Waals surface area contributed by atoms with E-state index in [1.165, 1.54) is 24.7 Å². The number of nitrogens with one attached hydrogen (secondary N) is 1. The maximum Gasteiger partial charge on any atom is 0.459 e. The minimum atomic E-state index is -4.29. The fourth-order valence-electron chi connectivity index (χ4n) is 4.40. The van der Waals surface area contributed by atoms with Gasteiger partial charge in [-0.05, 0) is 45.0 Å². The van der Waals surface area contributed by atoms with Gasteiger partial charge in [0.1, 0.15) is 54.2 Å². The van der Waals surface area contributed by atoms with Crippen molar-refractivity contribution >= 4 is 25.1 Å². The fourth-order valence-corrected chi connectivity index (χ4v) is 5.99. The Kier molecular flexibility index (Phi) is 11.1. The van der Waals surface area contributed by atoms with Crippen LogP contribution in [0.5, 0.6) is 5.75 Å². The molecule has 0 amide bonds. The lowest BCUT2D eigenvalue weighted by Gasteiger charge is -2.30. The molecule has 15 nitrogen and oxygen atoms in total. The quantitative estimate of drug-likeness (QED) is 0.102. The predicted octanol–water partition coefficient (Wildman–Crippen LogP) is 1.64. The van der Waals surface area contributed by atoms with Crippen LogP contribution in [0.3, 0.4) is 0 Å². The van der Waals surface area contributed by atoms with E-state index in [2.05, 4.69) is 15.2 Å². The van der Waals surface area contributed by atoms with Crippen LogP contribution >= 0.6 is 7.75 Å². The van der Waals surface area contributed by atoms with Crippen LogP contribution < -0.4 is 15.3 Å². The van der Waals surface area contributed by atoms with Crippen molar-refractivity contribution in [2.24, 2.45) is 0 Å². The monoisotopic (exact) mass is 623 g/mol. The Morgan fingerprint density at radius 1 is 1.16 bits per heavy atom. The molecule has 0 saturated carbocycles. The molecule has 0 radical (unpaired) electrons. The first-order valence-electron chi connectivity index (χ1n) is 13.8. The minimum absolute atomic E-state index is 0.0238. The van der Waals surface area contributed by atoms with Crippen molar-refractivity contribution in [1.82, 2.24) is 19.7 Å². The first-order chi connectivity index (χ1) is 20.6. The molecule has 1 saturated heterocycles. The average molecular weight is 624 g/mol. The molecular formula is C27H38N5O10P. The van der Waals surface area contributed by atoms with Gasteiger partial charge in [0.25, 0.3) is 0 Å². The number of esters is 1. The van der Waals surface area contributed by atoms with Crippen LogP contribution in [0.25, 0.3) is 5.52 Å². The number of aliphatic hydroxyl groups excluding tert-OH is 2. The topological polar surface area (TPSA) is 198 Å². The highest BCUT2D eigenvalue weighted by molar-refractivity contribution is 7.52.